The lowest BCUT2D eigenvalue weighted by Gasteiger charge is -2.11. The molecule has 9 heteroatoms. The zero-order valence-electron chi connectivity index (χ0n) is 17.7. The minimum absolute atomic E-state index is 0.253. The molecule has 0 aliphatic heterocycles. The molecule has 0 heterocycles. The average molecular weight is 486 g/mol. The summed E-state index contributed by atoms with van der Waals surface area (Å²) in [6, 6.07) is 19.1. The summed E-state index contributed by atoms with van der Waals surface area (Å²) in [4.78, 5) is 24.3. The van der Waals surface area contributed by atoms with Crippen molar-refractivity contribution in [3.05, 3.63) is 93.5 Å². The van der Waals surface area contributed by atoms with Gasteiger partial charge in [0.2, 0.25) is 0 Å². The monoisotopic (exact) mass is 485 g/mol. The number of nitrogens with one attached hydrogen (secondary N) is 2. The Labute approximate surface area is 201 Å². The Hall–Kier alpha value is -3.55. The maximum absolute atomic E-state index is 12.3. The summed E-state index contributed by atoms with van der Waals surface area (Å²) >= 11 is 12.3. The molecular formula is C24H21Cl2N3O4. The molecule has 0 saturated carbocycles. The molecule has 7 nitrogen and oxygen atoms in total. The summed E-state index contributed by atoms with van der Waals surface area (Å²) in [5.41, 5.74) is 4.08. The number of carbonyl (C=O) groups is 2. The van der Waals surface area contributed by atoms with Gasteiger partial charge in [0.05, 0.1) is 25.4 Å². The first-order chi connectivity index (χ1) is 16.0. The van der Waals surface area contributed by atoms with E-state index in [2.05, 4.69) is 15.8 Å². The summed E-state index contributed by atoms with van der Waals surface area (Å²) in [6.45, 7) is -0.0108. The molecule has 0 aliphatic rings. The lowest BCUT2D eigenvalue weighted by Crippen LogP contribution is -2.35. The smallest absolute Gasteiger partial charge is 0.259 e. The van der Waals surface area contributed by atoms with Crippen molar-refractivity contribution in [1.82, 2.24) is 10.7 Å². The van der Waals surface area contributed by atoms with Gasteiger partial charge >= 0.3 is 0 Å². The van der Waals surface area contributed by atoms with Crippen LogP contribution in [0.2, 0.25) is 10.0 Å². The van der Waals surface area contributed by atoms with Crippen LogP contribution in [0.1, 0.15) is 21.5 Å². The minimum Gasteiger partial charge on any atom is -0.496 e. The van der Waals surface area contributed by atoms with Gasteiger partial charge in [-0.3, -0.25) is 9.59 Å². The zero-order valence-corrected chi connectivity index (χ0v) is 19.2. The van der Waals surface area contributed by atoms with Gasteiger partial charge in [-0.2, -0.15) is 5.10 Å². The molecule has 3 aromatic carbocycles. The SMILES string of the molecule is COc1ccccc1C(=O)NCC(=O)NN=Cc1cc(Cl)ccc1OCc1ccccc1Cl. The Bertz CT molecular complexity index is 1170. The molecule has 0 bridgehead atoms. The van der Waals surface area contributed by atoms with Crippen LogP contribution in [-0.4, -0.2) is 31.7 Å². The first-order valence-electron chi connectivity index (χ1n) is 9.87. The molecule has 0 atom stereocenters. The summed E-state index contributed by atoms with van der Waals surface area (Å²) in [5, 5.41) is 7.54. The predicted molar refractivity (Wildman–Crippen MR) is 128 cm³/mol. The van der Waals surface area contributed by atoms with E-state index in [1.54, 1.807) is 48.5 Å². The van der Waals surface area contributed by atoms with E-state index in [9.17, 15) is 9.59 Å². The maximum atomic E-state index is 12.3. The van der Waals surface area contributed by atoms with Crippen molar-refractivity contribution in [1.29, 1.82) is 0 Å². The molecule has 0 unspecified atom stereocenters. The van der Waals surface area contributed by atoms with Crippen molar-refractivity contribution in [3.63, 3.8) is 0 Å². The van der Waals surface area contributed by atoms with Crippen LogP contribution < -0.4 is 20.2 Å². The summed E-state index contributed by atoms with van der Waals surface area (Å²) < 4.78 is 11.0. The molecule has 2 N–H and O–H groups in total. The van der Waals surface area contributed by atoms with Crippen molar-refractivity contribution in [2.75, 3.05) is 13.7 Å². The molecule has 0 aliphatic carbocycles. The molecule has 0 saturated heterocycles. The topological polar surface area (TPSA) is 89.0 Å². The Morgan fingerprint density at radius 2 is 1.76 bits per heavy atom. The van der Waals surface area contributed by atoms with Crippen LogP contribution >= 0.6 is 23.2 Å². The average Bonchev–Trinajstić information content (AvgIpc) is 2.83. The van der Waals surface area contributed by atoms with Crippen LogP contribution in [0.4, 0.5) is 0 Å². The van der Waals surface area contributed by atoms with Crippen molar-refractivity contribution >= 4 is 41.2 Å². The third-order valence-electron chi connectivity index (χ3n) is 4.47. The van der Waals surface area contributed by atoms with Crippen molar-refractivity contribution < 1.29 is 19.1 Å². The zero-order chi connectivity index (χ0) is 23.6. The molecule has 0 radical (unpaired) electrons. The fourth-order valence-corrected chi connectivity index (χ4v) is 3.19. The number of benzene rings is 3. The quantitative estimate of drug-likeness (QED) is 0.345. The summed E-state index contributed by atoms with van der Waals surface area (Å²) in [6.07, 6.45) is 1.41. The van der Waals surface area contributed by atoms with Gasteiger partial charge in [0, 0.05) is 21.2 Å². The number of nitrogens with zero attached hydrogens (tertiary/aromatic N) is 1. The number of para-hydroxylation sites is 1. The van der Waals surface area contributed by atoms with Crippen LogP contribution in [0.5, 0.6) is 11.5 Å². The minimum atomic E-state index is -0.505. The van der Waals surface area contributed by atoms with Crippen LogP contribution in [0.15, 0.2) is 71.8 Å². The maximum Gasteiger partial charge on any atom is 0.259 e. The van der Waals surface area contributed by atoms with Gasteiger partial charge in [-0.05, 0) is 36.4 Å². The van der Waals surface area contributed by atoms with Gasteiger partial charge < -0.3 is 14.8 Å². The molecule has 0 fully saturated rings. The normalized spacial score (nSPS) is 10.6. The molecule has 2 amide bonds. The van der Waals surface area contributed by atoms with Gasteiger partial charge in [0.1, 0.15) is 18.1 Å². The van der Waals surface area contributed by atoms with E-state index >= 15 is 0 Å². The number of rotatable bonds is 9. The number of halogens is 2. The Balaban J connectivity index is 1.57. The van der Waals surface area contributed by atoms with E-state index in [-0.39, 0.29) is 13.2 Å². The van der Waals surface area contributed by atoms with Crippen LogP contribution in [0.25, 0.3) is 0 Å². The van der Waals surface area contributed by atoms with Crippen LogP contribution in [0.3, 0.4) is 0 Å². The highest BCUT2D eigenvalue weighted by Crippen LogP contribution is 2.24. The van der Waals surface area contributed by atoms with E-state index in [0.29, 0.717) is 32.7 Å². The van der Waals surface area contributed by atoms with Crippen LogP contribution in [-0.2, 0) is 11.4 Å². The fraction of sp³-hybridized carbons (Fsp3) is 0.125. The summed E-state index contributed by atoms with van der Waals surface area (Å²) in [7, 11) is 1.47. The molecule has 170 valence electrons. The van der Waals surface area contributed by atoms with Crippen molar-refractivity contribution in [2.24, 2.45) is 5.10 Å². The molecular weight excluding hydrogens is 465 g/mol. The highest BCUT2D eigenvalue weighted by atomic mass is 35.5. The van der Waals surface area contributed by atoms with E-state index in [1.165, 1.54) is 13.3 Å². The second kappa shape index (κ2) is 11.9. The lowest BCUT2D eigenvalue weighted by molar-refractivity contribution is -0.120. The first-order valence-corrected chi connectivity index (χ1v) is 10.6. The number of amides is 2. The number of methoxy groups -OCH3 is 1. The number of carbonyl (C=O) groups excluding carboxylic acids is 2. The molecule has 33 heavy (non-hydrogen) atoms. The van der Waals surface area contributed by atoms with Gasteiger partial charge in [0.15, 0.2) is 0 Å². The van der Waals surface area contributed by atoms with Gasteiger partial charge in [-0.1, -0.05) is 53.5 Å². The van der Waals surface area contributed by atoms with Crippen molar-refractivity contribution in [2.45, 2.75) is 6.61 Å². The second-order valence-electron chi connectivity index (χ2n) is 6.74. The molecule has 0 aromatic heterocycles. The van der Waals surface area contributed by atoms with Gasteiger partial charge in [-0.15, -0.1) is 0 Å². The number of hydrazone groups is 1. The van der Waals surface area contributed by atoms with E-state index < -0.39 is 11.8 Å². The molecule has 0 spiro atoms. The third-order valence-corrected chi connectivity index (χ3v) is 5.07. The number of hydrogen-bond acceptors (Lipinski definition) is 5. The first kappa shape index (κ1) is 24.1. The highest BCUT2D eigenvalue weighted by molar-refractivity contribution is 6.31. The Kier molecular flexibility index (Phi) is 8.69. The van der Waals surface area contributed by atoms with Crippen molar-refractivity contribution in [3.8, 4) is 11.5 Å². The van der Waals surface area contributed by atoms with E-state index in [4.69, 9.17) is 32.7 Å². The Morgan fingerprint density at radius 3 is 2.55 bits per heavy atom. The second-order valence-corrected chi connectivity index (χ2v) is 7.58. The third kappa shape index (κ3) is 6.97. The highest BCUT2D eigenvalue weighted by Gasteiger charge is 2.12. The predicted octanol–water partition coefficient (Wildman–Crippen LogP) is 4.46. The lowest BCUT2D eigenvalue weighted by atomic mass is 10.2. The molecule has 3 aromatic rings. The largest absolute Gasteiger partial charge is 0.496 e. The Morgan fingerprint density at radius 1 is 1.00 bits per heavy atom. The summed E-state index contributed by atoms with van der Waals surface area (Å²) in [5.74, 6) is -0.00718. The fourth-order valence-electron chi connectivity index (χ4n) is 2.82. The van der Waals surface area contributed by atoms with Gasteiger partial charge in [0.25, 0.3) is 11.8 Å². The standard InChI is InChI=1S/C24H21Cl2N3O4/c1-32-22-9-5-3-7-19(22)24(31)27-14-23(30)29-28-13-17-12-18(25)10-11-21(17)33-15-16-6-2-4-8-20(16)26/h2-13H,14-15H2,1H3,(H,27,31)(H,29,30). The van der Waals surface area contributed by atoms with E-state index in [1.807, 2.05) is 18.2 Å². The molecule has 3 rings (SSSR count). The van der Waals surface area contributed by atoms with Gasteiger partial charge in [-0.25, -0.2) is 5.43 Å². The number of ether oxygens (including phenoxy) is 2. The van der Waals surface area contributed by atoms with Crippen LogP contribution in [0, 0.1) is 0 Å². The number of hydrogen-bond donors (Lipinski definition) is 2. The van der Waals surface area contributed by atoms with E-state index in [0.717, 1.165) is 5.56 Å².